The third-order valence-electron chi connectivity index (χ3n) is 5.34. The fourth-order valence-corrected chi connectivity index (χ4v) is 3.80. The van der Waals surface area contributed by atoms with Gasteiger partial charge in [-0.15, -0.1) is 0 Å². The standard InChI is InChI=1S/C27H22ClN3O5/c1-3-35-27(32)23-17(2)29-26(19-8-5-4-6-9-19)30-24(23)21-10-7-11-22(31(33)34)25(21)36-16-18-12-14-20(28)15-13-18/h4-15H,3,16H2,1-2H3. The number of benzene rings is 3. The van der Waals surface area contributed by atoms with Gasteiger partial charge in [0, 0.05) is 16.7 Å². The molecule has 0 aliphatic heterocycles. The highest BCUT2D eigenvalue weighted by atomic mass is 35.5. The summed E-state index contributed by atoms with van der Waals surface area (Å²) >= 11 is 5.97. The molecule has 0 saturated carbocycles. The quantitative estimate of drug-likeness (QED) is 0.155. The van der Waals surface area contributed by atoms with Crippen LogP contribution in [0.1, 0.15) is 28.5 Å². The van der Waals surface area contributed by atoms with E-state index in [1.165, 1.54) is 12.1 Å². The third kappa shape index (κ3) is 5.34. The molecule has 0 unspecified atom stereocenters. The third-order valence-corrected chi connectivity index (χ3v) is 5.60. The van der Waals surface area contributed by atoms with E-state index < -0.39 is 10.9 Å². The first-order valence-electron chi connectivity index (χ1n) is 11.1. The Bertz CT molecular complexity index is 1410. The van der Waals surface area contributed by atoms with Crippen LogP contribution in [0.25, 0.3) is 22.6 Å². The molecule has 8 nitrogen and oxygen atoms in total. The van der Waals surface area contributed by atoms with Crippen molar-refractivity contribution in [3.8, 4) is 28.4 Å². The number of nitrogens with zero attached hydrogens (tertiary/aromatic N) is 3. The number of carbonyl (C=O) groups excluding carboxylic acids is 1. The minimum atomic E-state index is -0.625. The molecule has 0 amide bonds. The smallest absolute Gasteiger partial charge is 0.342 e. The molecule has 1 heterocycles. The zero-order valence-corrected chi connectivity index (χ0v) is 20.4. The predicted octanol–water partition coefficient (Wildman–Crippen LogP) is 6.44. The van der Waals surface area contributed by atoms with Crippen LogP contribution < -0.4 is 4.74 Å². The summed E-state index contributed by atoms with van der Waals surface area (Å²) in [5.41, 5.74) is 2.21. The van der Waals surface area contributed by atoms with Crippen molar-refractivity contribution < 1.29 is 19.2 Å². The van der Waals surface area contributed by atoms with Gasteiger partial charge in [0.2, 0.25) is 5.75 Å². The molecule has 9 heteroatoms. The van der Waals surface area contributed by atoms with Gasteiger partial charge in [-0.05, 0) is 37.6 Å². The van der Waals surface area contributed by atoms with Crippen LogP contribution in [-0.4, -0.2) is 27.5 Å². The number of hydrogen-bond donors (Lipinski definition) is 0. The number of hydrogen-bond acceptors (Lipinski definition) is 7. The van der Waals surface area contributed by atoms with E-state index in [0.717, 1.165) is 11.1 Å². The van der Waals surface area contributed by atoms with Gasteiger partial charge in [0.25, 0.3) is 0 Å². The SMILES string of the molecule is CCOC(=O)c1c(C)nc(-c2ccccc2)nc1-c1cccc([N+](=O)[O-])c1OCc1ccc(Cl)cc1. The summed E-state index contributed by atoms with van der Waals surface area (Å²) in [4.78, 5) is 33.5. The van der Waals surface area contributed by atoms with Crippen molar-refractivity contribution in [1.29, 1.82) is 0 Å². The second-order valence-corrected chi connectivity index (χ2v) is 8.21. The van der Waals surface area contributed by atoms with E-state index in [-0.39, 0.29) is 41.5 Å². The maximum atomic E-state index is 13.0. The second kappa shape index (κ2) is 11.0. The zero-order chi connectivity index (χ0) is 25.7. The summed E-state index contributed by atoms with van der Waals surface area (Å²) in [6.45, 7) is 3.56. The van der Waals surface area contributed by atoms with Crippen LogP contribution in [0.4, 0.5) is 5.69 Å². The Balaban J connectivity index is 1.91. The number of rotatable bonds is 8. The van der Waals surface area contributed by atoms with Crippen molar-refractivity contribution >= 4 is 23.3 Å². The Kier molecular flexibility index (Phi) is 7.56. The number of aromatic nitrogens is 2. The van der Waals surface area contributed by atoms with Crippen molar-refractivity contribution in [2.24, 2.45) is 0 Å². The molecule has 0 atom stereocenters. The van der Waals surface area contributed by atoms with E-state index in [1.807, 2.05) is 30.3 Å². The lowest BCUT2D eigenvalue weighted by molar-refractivity contribution is -0.385. The predicted molar refractivity (Wildman–Crippen MR) is 136 cm³/mol. The number of nitro groups is 1. The average Bonchev–Trinajstić information content (AvgIpc) is 2.88. The van der Waals surface area contributed by atoms with Crippen LogP contribution in [0.5, 0.6) is 5.75 Å². The van der Waals surface area contributed by atoms with Gasteiger partial charge in [0.15, 0.2) is 5.82 Å². The maximum absolute atomic E-state index is 13.0. The van der Waals surface area contributed by atoms with E-state index >= 15 is 0 Å². The molecule has 182 valence electrons. The highest BCUT2D eigenvalue weighted by Crippen LogP contribution is 2.40. The number of halogens is 1. The van der Waals surface area contributed by atoms with Crippen molar-refractivity contribution in [2.75, 3.05) is 6.61 Å². The molecular weight excluding hydrogens is 482 g/mol. The lowest BCUT2D eigenvalue weighted by Crippen LogP contribution is -2.13. The molecule has 0 spiro atoms. The molecule has 0 radical (unpaired) electrons. The van der Waals surface area contributed by atoms with Gasteiger partial charge in [-0.2, -0.15) is 0 Å². The van der Waals surface area contributed by atoms with Crippen LogP contribution in [-0.2, 0) is 11.3 Å². The van der Waals surface area contributed by atoms with Crippen LogP contribution in [0.3, 0.4) is 0 Å². The Morgan fingerprint density at radius 3 is 2.39 bits per heavy atom. The lowest BCUT2D eigenvalue weighted by atomic mass is 10.0. The van der Waals surface area contributed by atoms with E-state index in [9.17, 15) is 14.9 Å². The first-order valence-corrected chi connectivity index (χ1v) is 11.5. The van der Waals surface area contributed by atoms with E-state index in [0.29, 0.717) is 16.5 Å². The lowest BCUT2D eigenvalue weighted by Gasteiger charge is -2.16. The number of carbonyl (C=O) groups is 1. The highest BCUT2D eigenvalue weighted by molar-refractivity contribution is 6.30. The Morgan fingerprint density at radius 2 is 1.72 bits per heavy atom. The van der Waals surface area contributed by atoms with E-state index in [1.54, 1.807) is 44.2 Å². The van der Waals surface area contributed by atoms with Crippen LogP contribution in [0, 0.1) is 17.0 Å². The topological polar surface area (TPSA) is 104 Å². The van der Waals surface area contributed by atoms with Crippen LogP contribution in [0.2, 0.25) is 5.02 Å². The van der Waals surface area contributed by atoms with E-state index in [2.05, 4.69) is 9.97 Å². The summed E-state index contributed by atoms with van der Waals surface area (Å²) < 4.78 is 11.3. The normalized spacial score (nSPS) is 10.6. The molecule has 0 aliphatic rings. The summed E-state index contributed by atoms with van der Waals surface area (Å²) in [5.74, 6) is -0.272. The first-order chi connectivity index (χ1) is 17.4. The molecule has 4 rings (SSSR count). The fraction of sp³-hybridized carbons (Fsp3) is 0.148. The molecule has 0 bridgehead atoms. The van der Waals surface area contributed by atoms with Crippen LogP contribution >= 0.6 is 11.6 Å². The van der Waals surface area contributed by atoms with Gasteiger partial charge in [-0.1, -0.05) is 60.1 Å². The number of para-hydroxylation sites is 1. The summed E-state index contributed by atoms with van der Waals surface area (Å²) in [6, 6.07) is 20.7. The number of aryl methyl sites for hydroxylation is 1. The molecule has 0 N–H and O–H groups in total. The molecule has 0 saturated heterocycles. The van der Waals surface area contributed by atoms with Gasteiger partial charge in [-0.25, -0.2) is 14.8 Å². The fourth-order valence-electron chi connectivity index (χ4n) is 3.67. The van der Waals surface area contributed by atoms with Crippen molar-refractivity contribution in [3.63, 3.8) is 0 Å². The van der Waals surface area contributed by atoms with Gasteiger partial charge < -0.3 is 9.47 Å². The second-order valence-electron chi connectivity index (χ2n) is 7.77. The zero-order valence-electron chi connectivity index (χ0n) is 19.6. The van der Waals surface area contributed by atoms with Crippen molar-refractivity contribution in [1.82, 2.24) is 9.97 Å². The monoisotopic (exact) mass is 503 g/mol. The van der Waals surface area contributed by atoms with Crippen molar-refractivity contribution in [2.45, 2.75) is 20.5 Å². The number of nitro benzene ring substituents is 1. The Morgan fingerprint density at radius 1 is 1.00 bits per heavy atom. The Labute approximate surface area is 212 Å². The Hall–Kier alpha value is -4.30. The van der Waals surface area contributed by atoms with Gasteiger partial charge in [-0.3, -0.25) is 10.1 Å². The molecule has 4 aromatic rings. The number of esters is 1. The van der Waals surface area contributed by atoms with Gasteiger partial charge in [0.1, 0.15) is 12.2 Å². The minimum absolute atomic E-state index is 0.0138. The van der Waals surface area contributed by atoms with Gasteiger partial charge in [0.05, 0.1) is 28.5 Å². The van der Waals surface area contributed by atoms with Gasteiger partial charge >= 0.3 is 11.7 Å². The summed E-state index contributed by atoms with van der Waals surface area (Å²) in [5, 5.41) is 12.5. The largest absolute Gasteiger partial charge is 0.481 e. The summed E-state index contributed by atoms with van der Waals surface area (Å²) in [6.07, 6.45) is 0. The average molecular weight is 504 g/mol. The van der Waals surface area contributed by atoms with E-state index in [4.69, 9.17) is 21.1 Å². The summed E-state index contributed by atoms with van der Waals surface area (Å²) in [7, 11) is 0. The van der Waals surface area contributed by atoms with Crippen molar-refractivity contribution in [3.05, 3.63) is 105 Å². The number of ether oxygens (including phenoxy) is 2. The molecule has 36 heavy (non-hydrogen) atoms. The molecule has 3 aromatic carbocycles. The maximum Gasteiger partial charge on any atom is 0.342 e. The minimum Gasteiger partial charge on any atom is -0.481 e. The van der Waals surface area contributed by atoms with Crippen LogP contribution in [0.15, 0.2) is 72.8 Å². The molecule has 1 aromatic heterocycles. The molecule has 0 fully saturated rings. The highest BCUT2D eigenvalue weighted by Gasteiger charge is 2.28. The molecular formula is C27H22ClN3O5. The molecule has 0 aliphatic carbocycles. The first kappa shape index (κ1) is 24.8.